The van der Waals surface area contributed by atoms with E-state index < -0.39 is 6.04 Å². The van der Waals surface area contributed by atoms with Crippen molar-refractivity contribution in [3.63, 3.8) is 0 Å². The summed E-state index contributed by atoms with van der Waals surface area (Å²) in [6.07, 6.45) is 7.16. The van der Waals surface area contributed by atoms with Crippen molar-refractivity contribution in [2.75, 3.05) is 18.4 Å². The van der Waals surface area contributed by atoms with E-state index in [1.807, 2.05) is 104 Å². The number of anilines is 1. The number of benzene rings is 1. The van der Waals surface area contributed by atoms with Crippen molar-refractivity contribution in [1.82, 2.24) is 29.7 Å². The number of hydrogen-bond acceptors (Lipinski definition) is 7. The molecule has 0 saturated carbocycles. The number of fused-ring (bicyclic) bond motifs is 1. The molecular formula is C32H33N7O. The number of hydrogen-bond donors (Lipinski definition) is 1. The van der Waals surface area contributed by atoms with Crippen molar-refractivity contribution in [3.8, 4) is 0 Å². The Kier molecular flexibility index (Phi) is 9.13. The van der Waals surface area contributed by atoms with Crippen molar-refractivity contribution in [3.05, 3.63) is 127 Å². The minimum Gasteiger partial charge on any atom is -0.323 e. The van der Waals surface area contributed by atoms with Gasteiger partial charge in [0.1, 0.15) is 0 Å². The van der Waals surface area contributed by atoms with Gasteiger partial charge in [-0.05, 0) is 55.5 Å². The van der Waals surface area contributed by atoms with Crippen LogP contribution in [0, 0.1) is 0 Å². The molecular weight excluding hydrogens is 498 g/mol. The molecule has 5 rings (SSSR count). The van der Waals surface area contributed by atoms with Crippen LogP contribution in [0.25, 0.3) is 10.9 Å². The van der Waals surface area contributed by atoms with Gasteiger partial charge in [-0.25, -0.2) is 0 Å². The Hall–Kier alpha value is -4.53. The number of rotatable bonds is 12. The molecule has 202 valence electrons. The third kappa shape index (κ3) is 7.31. The highest BCUT2D eigenvalue weighted by Crippen LogP contribution is 2.21. The summed E-state index contributed by atoms with van der Waals surface area (Å²) in [5.74, 6) is -0.0879. The minimum absolute atomic E-state index is 0.0879. The average Bonchev–Trinajstić information content (AvgIpc) is 3.00. The highest BCUT2D eigenvalue weighted by Gasteiger charge is 2.24. The predicted octanol–water partition coefficient (Wildman–Crippen LogP) is 4.95. The molecule has 0 saturated heterocycles. The molecule has 8 heteroatoms. The fourth-order valence-corrected chi connectivity index (χ4v) is 4.64. The first kappa shape index (κ1) is 27.1. The zero-order valence-corrected chi connectivity index (χ0v) is 22.6. The van der Waals surface area contributed by atoms with Crippen molar-refractivity contribution in [2.24, 2.45) is 0 Å². The van der Waals surface area contributed by atoms with Crippen LogP contribution >= 0.6 is 0 Å². The molecule has 5 aromatic rings. The number of pyridine rings is 4. The molecule has 0 unspecified atom stereocenters. The Labute approximate surface area is 234 Å². The van der Waals surface area contributed by atoms with Gasteiger partial charge in [0.25, 0.3) is 0 Å². The van der Waals surface area contributed by atoms with Crippen LogP contribution < -0.4 is 5.32 Å². The number of nitrogens with zero attached hydrogens (tertiary/aromatic N) is 6. The first-order valence-corrected chi connectivity index (χ1v) is 13.5. The van der Waals surface area contributed by atoms with E-state index in [9.17, 15) is 4.79 Å². The molecule has 1 amide bonds. The lowest BCUT2D eigenvalue weighted by atomic mass is 10.1. The van der Waals surface area contributed by atoms with E-state index in [0.29, 0.717) is 38.4 Å². The highest BCUT2D eigenvalue weighted by atomic mass is 16.2. The van der Waals surface area contributed by atoms with Crippen LogP contribution in [0.15, 0.2) is 110 Å². The number of carbonyl (C=O) groups is 1. The molecule has 0 aliphatic heterocycles. The molecule has 0 aliphatic carbocycles. The molecule has 4 aromatic heterocycles. The number of nitrogens with one attached hydrogen (secondary N) is 1. The second kappa shape index (κ2) is 13.5. The smallest absolute Gasteiger partial charge is 0.241 e. The van der Waals surface area contributed by atoms with Gasteiger partial charge in [0.2, 0.25) is 5.91 Å². The summed E-state index contributed by atoms with van der Waals surface area (Å²) in [6, 6.07) is 27.1. The van der Waals surface area contributed by atoms with Gasteiger partial charge in [0.15, 0.2) is 0 Å². The lowest BCUT2D eigenvalue weighted by Gasteiger charge is -2.31. The third-order valence-corrected chi connectivity index (χ3v) is 6.84. The van der Waals surface area contributed by atoms with Gasteiger partial charge in [-0.1, -0.05) is 36.4 Å². The number of para-hydroxylation sites is 1. The largest absolute Gasteiger partial charge is 0.323 e. The lowest BCUT2D eigenvalue weighted by Crippen LogP contribution is -2.45. The first-order chi connectivity index (χ1) is 19.7. The molecule has 1 aromatic carbocycles. The number of carbonyl (C=O) groups excluding carboxylic acids is 1. The molecule has 0 radical (unpaired) electrons. The topological polar surface area (TPSA) is 87.1 Å². The Balaban J connectivity index is 1.34. The summed E-state index contributed by atoms with van der Waals surface area (Å²) in [6.45, 7) is 5.21. The summed E-state index contributed by atoms with van der Waals surface area (Å²) >= 11 is 0. The maximum Gasteiger partial charge on any atom is 0.241 e. The van der Waals surface area contributed by atoms with Crippen molar-refractivity contribution in [1.29, 1.82) is 0 Å². The van der Waals surface area contributed by atoms with Crippen molar-refractivity contribution >= 4 is 22.5 Å². The van der Waals surface area contributed by atoms with E-state index in [-0.39, 0.29) is 5.91 Å². The first-order valence-electron chi connectivity index (χ1n) is 13.5. The van der Waals surface area contributed by atoms with Gasteiger partial charge in [0.05, 0.1) is 34.3 Å². The van der Waals surface area contributed by atoms with Gasteiger partial charge in [0, 0.05) is 62.9 Å². The molecule has 0 fully saturated rings. The standard InChI is InChI=1S/C32H33N7O/c1-25(32(40)37-30-15-8-10-26-11-9-19-36-31(26)30)39(24-29-14-4-7-18-35-29)21-20-38(22-27-12-2-5-16-33-27)23-28-13-3-6-17-34-28/h2-19,25H,20-24H2,1H3,(H,37,40)/t25-/m0/s1. The Morgan fingerprint density at radius 3 is 1.85 bits per heavy atom. The molecule has 0 spiro atoms. The van der Waals surface area contributed by atoms with Gasteiger partial charge >= 0.3 is 0 Å². The van der Waals surface area contributed by atoms with E-state index in [2.05, 4.69) is 35.1 Å². The van der Waals surface area contributed by atoms with Crippen LogP contribution in [0.3, 0.4) is 0 Å². The summed E-state index contributed by atoms with van der Waals surface area (Å²) in [5.41, 5.74) is 4.38. The molecule has 0 bridgehead atoms. The summed E-state index contributed by atoms with van der Waals surface area (Å²) in [4.78, 5) is 36.1. The molecule has 40 heavy (non-hydrogen) atoms. The quantitative estimate of drug-likeness (QED) is 0.244. The molecule has 8 nitrogen and oxygen atoms in total. The third-order valence-electron chi connectivity index (χ3n) is 6.84. The van der Waals surface area contributed by atoms with E-state index in [1.54, 1.807) is 12.4 Å². The van der Waals surface area contributed by atoms with Gasteiger partial charge in [-0.15, -0.1) is 0 Å². The van der Waals surface area contributed by atoms with Crippen LogP contribution in [0.5, 0.6) is 0 Å². The van der Waals surface area contributed by atoms with E-state index >= 15 is 0 Å². The Bertz CT molecular complexity index is 1450. The summed E-state index contributed by atoms with van der Waals surface area (Å²) in [7, 11) is 0. The fraction of sp³-hybridized carbons (Fsp3) is 0.219. The Morgan fingerprint density at radius 2 is 1.25 bits per heavy atom. The van der Waals surface area contributed by atoms with Gasteiger partial charge < -0.3 is 5.32 Å². The second-order valence-electron chi connectivity index (χ2n) is 9.69. The maximum absolute atomic E-state index is 13.6. The van der Waals surface area contributed by atoms with Gasteiger partial charge in [-0.2, -0.15) is 0 Å². The van der Waals surface area contributed by atoms with E-state index in [4.69, 9.17) is 0 Å². The second-order valence-corrected chi connectivity index (χ2v) is 9.69. The van der Waals surface area contributed by atoms with Crippen LogP contribution in [-0.4, -0.2) is 54.8 Å². The lowest BCUT2D eigenvalue weighted by molar-refractivity contribution is -0.121. The zero-order chi connectivity index (χ0) is 27.6. The number of amides is 1. The SMILES string of the molecule is C[C@@H](C(=O)Nc1cccc2cccnc12)N(CCN(Cc1ccccn1)Cc1ccccn1)Cc1ccccn1. The minimum atomic E-state index is -0.410. The molecule has 1 N–H and O–H groups in total. The van der Waals surface area contributed by atoms with Crippen molar-refractivity contribution in [2.45, 2.75) is 32.6 Å². The molecule has 0 aliphatic rings. The van der Waals surface area contributed by atoms with Crippen LogP contribution in [0.4, 0.5) is 5.69 Å². The maximum atomic E-state index is 13.6. The average molecular weight is 532 g/mol. The molecule has 4 heterocycles. The predicted molar refractivity (Wildman–Crippen MR) is 157 cm³/mol. The van der Waals surface area contributed by atoms with Gasteiger partial charge in [-0.3, -0.25) is 34.5 Å². The highest BCUT2D eigenvalue weighted by molar-refractivity contribution is 6.02. The zero-order valence-electron chi connectivity index (χ0n) is 22.6. The van der Waals surface area contributed by atoms with Crippen LogP contribution in [0.1, 0.15) is 24.0 Å². The van der Waals surface area contributed by atoms with Crippen LogP contribution in [0.2, 0.25) is 0 Å². The Morgan fingerprint density at radius 1 is 0.675 bits per heavy atom. The monoisotopic (exact) mass is 531 g/mol. The normalized spacial score (nSPS) is 12.1. The van der Waals surface area contributed by atoms with Crippen molar-refractivity contribution < 1.29 is 4.79 Å². The fourth-order valence-electron chi connectivity index (χ4n) is 4.64. The van der Waals surface area contributed by atoms with Crippen LogP contribution in [-0.2, 0) is 24.4 Å². The van der Waals surface area contributed by atoms with E-state index in [0.717, 1.165) is 28.0 Å². The van der Waals surface area contributed by atoms with E-state index in [1.165, 1.54) is 0 Å². The number of aromatic nitrogens is 4. The molecule has 1 atom stereocenters. The summed E-state index contributed by atoms with van der Waals surface area (Å²) in [5, 5.41) is 4.11. The summed E-state index contributed by atoms with van der Waals surface area (Å²) < 4.78 is 0.